The van der Waals surface area contributed by atoms with E-state index in [0.717, 1.165) is 12.1 Å². The number of carbonyl (C=O) groups excluding carboxylic acids is 1. The number of benzene rings is 1. The quantitative estimate of drug-likeness (QED) is 0.813. The van der Waals surface area contributed by atoms with Gasteiger partial charge in [-0.05, 0) is 12.1 Å². The summed E-state index contributed by atoms with van der Waals surface area (Å²) in [7, 11) is 0. The Hall–Kier alpha value is -1.92. The third-order valence-corrected chi connectivity index (χ3v) is 1.71. The summed E-state index contributed by atoms with van der Waals surface area (Å²) in [5.41, 5.74) is -1.35. The highest BCUT2D eigenvalue weighted by Gasteiger charge is 2.33. The fourth-order valence-electron chi connectivity index (χ4n) is 1.09. The average molecular weight is 232 g/mol. The van der Waals surface area contributed by atoms with Crippen molar-refractivity contribution in [1.82, 2.24) is 0 Å². The van der Waals surface area contributed by atoms with Crippen LogP contribution in [0.2, 0.25) is 0 Å². The highest BCUT2D eigenvalue weighted by Crippen LogP contribution is 2.34. The smallest absolute Gasteiger partial charge is 0.324 e. The van der Waals surface area contributed by atoms with Gasteiger partial charge >= 0.3 is 6.18 Å². The van der Waals surface area contributed by atoms with E-state index in [4.69, 9.17) is 0 Å². The van der Waals surface area contributed by atoms with Crippen LogP contribution in [-0.2, 0) is 11.0 Å². The Balaban J connectivity index is 2.96. The van der Waals surface area contributed by atoms with Gasteiger partial charge in [-0.2, -0.15) is 18.1 Å². The fraction of sp³-hybridized carbons (Fsp3) is 0.222. The molecule has 0 aliphatic rings. The van der Waals surface area contributed by atoms with Crippen LogP contribution in [-0.4, -0.2) is 12.5 Å². The minimum atomic E-state index is -4.56. The van der Waals surface area contributed by atoms with Gasteiger partial charge in [0.1, 0.15) is 0 Å². The number of hydrogen-bond acceptors (Lipinski definition) is 3. The molecule has 4 nitrogen and oxygen atoms in total. The molecule has 1 amide bonds. The summed E-state index contributed by atoms with van der Waals surface area (Å²) in [6.45, 7) is -0.716. The Morgan fingerprint density at radius 2 is 1.94 bits per heavy atom. The number of halogens is 3. The molecular weight excluding hydrogens is 225 g/mol. The molecule has 0 aromatic heterocycles. The lowest BCUT2D eigenvalue weighted by molar-refractivity contribution is -0.137. The summed E-state index contributed by atoms with van der Waals surface area (Å²) in [6.07, 6.45) is -4.56. The largest absolute Gasteiger partial charge is 0.418 e. The first kappa shape index (κ1) is 12.2. The summed E-state index contributed by atoms with van der Waals surface area (Å²) in [5, 5.41) is 4.25. The predicted molar refractivity (Wildman–Crippen MR) is 50.7 cm³/mol. The van der Waals surface area contributed by atoms with Crippen LogP contribution < -0.4 is 5.32 Å². The van der Waals surface area contributed by atoms with Crippen LogP contribution >= 0.6 is 0 Å². The van der Waals surface area contributed by atoms with E-state index in [0.29, 0.717) is 0 Å². The predicted octanol–water partition coefficient (Wildman–Crippen LogP) is 2.41. The second-order valence-corrected chi connectivity index (χ2v) is 2.88. The Morgan fingerprint density at radius 1 is 1.31 bits per heavy atom. The zero-order valence-corrected chi connectivity index (χ0v) is 7.91. The lowest BCUT2D eigenvalue weighted by Gasteiger charge is -2.12. The van der Waals surface area contributed by atoms with E-state index in [9.17, 15) is 22.9 Å². The summed E-state index contributed by atoms with van der Waals surface area (Å²) in [4.78, 5) is 20.7. The summed E-state index contributed by atoms with van der Waals surface area (Å²) in [5.74, 6) is -0.883. The molecule has 0 aliphatic heterocycles. The van der Waals surface area contributed by atoms with Gasteiger partial charge in [0, 0.05) is 0 Å². The molecule has 0 heterocycles. The minimum absolute atomic E-state index is 0.386. The number of amides is 1. The first-order valence-corrected chi connectivity index (χ1v) is 4.20. The van der Waals surface area contributed by atoms with Gasteiger partial charge in [-0.15, -0.1) is 0 Å². The van der Waals surface area contributed by atoms with Crippen LogP contribution in [0.15, 0.2) is 29.4 Å². The lowest BCUT2D eigenvalue weighted by atomic mass is 10.1. The zero-order chi connectivity index (χ0) is 12.2. The number of carbonyl (C=O) groups is 1. The molecule has 1 N–H and O–H groups in total. The van der Waals surface area contributed by atoms with E-state index in [-0.39, 0.29) is 5.69 Å². The molecular formula is C9H7F3N2O2. The first-order chi connectivity index (χ1) is 7.45. The summed E-state index contributed by atoms with van der Waals surface area (Å²) in [6, 6.07) is 4.49. The fourth-order valence-corrected chi connectivity index (χ4v) is 1.09. The van der Waals surface area contributed by atoms with Gasteiger partial charge in [0.15, 0.2) is 6.54 Å². The molecule has 0 atom stereocenters. The topological polar surface area (TPSA) is 58.5 Å². The van der Waals surface area contributed by atoms with Crippen molar-refractivity contribution in [2.24, 2.45) is 5.18 Å². The molecule has 0 radical (unpaired) electrons. The highest BCUT2D eigenvalue weighted by molar-refractivity contribution is 5.93. The number of nitroso groups, excluding NO2 is 1. The van der Waals surface area contributed by atoms with E-state index in [1.165, 1.54) is 12.1 Å². The van der Waals surface area contributed by atoms with Gasteiger partial charge in [-0.25, -0.2) is 0 Å². The third kappa shape index (κ3) is 3.04. The molecule has 7 heteroatoms. The molecule has 0 saturated carbocycles. The number of hydrogen-bond donors (Lipinski definition) is 1. The Morgan fingerprint density at radius 3 is 2.50 bits per heavy atom. The second kappa shape index (κ2) is 4.73. The van der Waals surface area contributed by atoms with Crippen molar-refractivity contribution in [3.8, 4) is 0 Å². The number of anilines is 1. The Bertz CT molecular complexity index is 404. The molecule has 0 unspecified atom stereocenters. The molecule has 1 aromatic carbocycles. The monoisotopic (exact) mass is 232 g/mol. The van der Waals surface area contributed by atoms with Crippen molar-refractivity contribution in [3.05, 3.63) is 34.7 Å². The molecule has 16 heavy (non-hydrogen) atoms. The maximum Gasteiger partial charge on any atom is 0.418 e. The van der Waals surface area contributed by atoms with Crippen LogP contribution in [0.1, 0.15) is 5.56 Å². The Labute approximate surface area is 88.4 Å². The van der Waals surface area contributed by atoms with Gasteiger partial charge in [0.05, 0.1) is 11.3 Å². The van der Waals surface area contributed by atoms with Crippen LogP contribution in [0.5, 0.6) is 0 Å². The molecule has 0 spiro atoms. The highest BCUT2D eigenvalue weighted by atomic mass is 19.4. The van der Waals surface area contributed by atoms with E-state index >= 15 is 0 Å². The molecule has 1 aromatic rings. The molecule has 0 bridgehead atoms. The summed E-state index contributed by atoms with van der Waals surface area (Å²) < 4.78 is 37.3. The van der Waals surface area contributed by atoms with Crippen molar-refractivity contribution in [1.29, 1.82) is 0 Å². The van der Waals surface area contributed by atoms with Crippen molar-refractivity contribution >= 4 is 11.6 Å². The standard InChI is InChI=1S/C9H7F3N2O2/c10-9(11,12)6-3-1-2-4-7(6)14-8(15)5-13-16/h1-4H,5H2,(H,14,15). The molecule has 1 rings (SSSR count). The van der Waals surface area contributed by atoms with E-state index < -0.39 is 24.2 Å². The van der Waals surface area contributed by atoms with Crippen LogP contribution in [0.3, 0.4) is 0 Å². The van der Waals surface area contributed by atoms with Gasteiger partial charge in [0.2, 0.25) is 5.91 Å². The summed E-state index contributed by atoms with van der Waals surface area (Å²) >= 11 is 0. The zero-order valence-electron chi connectivity index (χ0n) is 7.91. The van der Waals surface area contributed by atoms with E-state index in [1.54, 1.807) is 0 Å². The normalized spacial score (nSPS) is 10.9. The minimum Gasteiger partial charge on any atom is -0.324 e. The van der Waals surface area contributed by atoms with Gasteiger partial charge in [0.25, 0.3) is 0 Å². The van der Waals surface area contributed by atoms with Gasteiger partial charge < -0.3 is 5.32 Å². The van der Waals surface area contributed by atoms with Crippen LogP contribution in [0.4, 0.5) is 18.9 Å². The number of alkyl halides is 3. The third-order valence-electron chi connectivity index (χ3n) is 1.71. The molecule has 0 aliphatic carbocycles. The lowest BCUT2D eigenvalue weighted by Crippen LogP contribution is -2.18. The maximum atomic E-state index is 12.4. The van der Waals surface area contributed by atoms with Crippen molar-refractivity contribution in [2.45, 2.75) is 6.18 Å². The van der Waals surface area contributed by atoms with Crippen molar-refractivity contribution in [2.75, 3.05) is 11.9 Å². The number of para-hydroxylation sites is 1. The first-order valence-electron chi connectivity index (χ1n) is 4.20. The molecule has 0 fully saturated rings. The van der Waals surface area contributed by atoms with Gasteiger partial charge in [-0.1, -0.05) is 17.3 Å². The van der Waals surface area contributed by atoms with Crippen molar-refractivity contribution in [3.63, 3.8) is 0 Å². The molecule has 0 saturated heterocycles. The maximum absolute atomic E-state index is 12.4. The second-order valence-electron chi connectivity index (χ2n) is 2.88. The Kier molecular flexibility index (Phi) is 3.60. The number of nitrogens with zero attached hydrogens (tertiary/aromatic N) is 1. The van der Waals surface area contributed by atoms with Crippen molar-refractivity contribution < 1.29 is 18.0 Å². The molecule has 86 valence electrons. The van der Waals surface area contributed by atoms with Crippen LogP contribution in [0.25, 0.3) is 0 Å². The van der Waals surface area contributed by atoms with Gasteiger partial charge in [-0.3, -0.25) is 4.79 Å². The number of rotatable bonds is 3. The van der Waals surface area contributed by atoms with E-state index in [1.807, 2.05) is 5.32 Å². The van der Waals surface area contributed by atoms with Crippen LogP contribution in [0, 0.1) is 4.91 Å². The number of nitrogens with one attached hydrogen (secondary N) is 1. The average Bonchev–Trinajstić information content (AvgIpc) is 2.17. The SMILES string of the molecule is O=NCC(=O)Nc1ccccc1C(F)(F)F. The van der Waals surface area contributed by atoms with E-state index in [2.05, 4.69) is 5.18 Å².